The lowest BCUT2D eigenvalue weighted by atomic mass is 9.97. The molecule has 0 fully saturated rings. The van der Waals surface area contributed by atoms with Crippen LogP contribution >= 0.6 is 0 Å². The Morgan fingerprint density at radius 1 is 0.912 bits per heavy atom. The number of hydrogen-bond acceptors (Lipinski definition) is 6. The molecule has 0 bridgehead atoms. The number of hydrogen-bond donors (Lipinski definition) is 3. The van der Waals surface area contributed by atoms with Crippen LogP contribution in [0.3, 0.4) is 0 Å². The van der Waals surface area contributed by atoms with Crippen molar-refractivity contribution in [1.82, 2.24) is 5.32 Å². The molecule has 178 valence electrons. The summed E-state index contributed by atoms with van der Waals surface area (Å²) in [4.78, 5) is -0.696. The van der Waals surface area contributed by atoms with Crippen LogP contribution in [-0.4, -0.2) is 32.5 Å². The van der Waals surface area contributed by atoms with Crippen molar-refractivity contribution in [3.8, 4) is 5.75 Å². The normalized spacial score (nSPS) is 16.0. The maximum atomic E-state index is 12.2. The zero-order valence-electron chi connectivity index (χ0n) is 18.2. The van der Waals surface area contributed by atoms with Crippen LogP contribution in [0.25, 0.3) is 12.2 Å². The van der Waals surface area contributed by atoms with E-state index >= 15 is 0 Å². The van der Waals surface area contributed by atoms with E-state index in [-0.39, 0.29) is 32.7 Å². The predicted octanol–water partition coefficient (Wildman–Crippen LogP) is 3.94. The van der Waals surface area contributed by atoms with E-state index in [1.165, 1.54) is 36.4 Å². The highest BCUT2D eigenvalue weighted by Crippen LogP contribution is 2.33. The fourth-order valence-corrected chi connectivity index (χ4v) is 5.42. The van der Waals surface area contributed by atoms with Gasteiger partial charge in [0.05, 0.1) is 12.6 Å². The highest BCUT2D eigenvalue weighted by Gasteiger charge is 2.25. The van der Waals surface area contributed by atoms with Gasteiger partial charge in [-0.2, -0.15) is 16.8 Å². The molecule has 0 saturated carbocycles. The summed E-state index contributed by atoms with van der Waals surface area (Å²) in [5.41, 5.74) is 3.09. The first-order valence-electron chi connectivity index (χ1n) is 10.4. The van der Waals surface area contributed by atoms with Crippen LogP contribution in [-0.2, 0) is 26.8 Å². The fourth-order valence-electron chi connectivity index (χ4n) is 4.00. The van der Waals surface area contributed by atoms with Gasteiger partial charge in [-0.3, -0.25) is 9.11 Å². The molecule has 0 radical (unpaired) electrons. The average molecular weight is 502 g/mol. The van der Waals surface area contributed by atoms with Crippen LogP contribution in [0.15, 0.2) is 70.5 Å². The second-order valence-electron chi connectivity index (χ2n) is 7.73. The first-order valence-corrected chi connectivity index (χ1v) is 13.3. The molecule has 3 aromatic carbocycles. The van der Waals surface area contributed by atoms with Crippen molar-refractivity contribution in [3.05, 3.63) is 88.5 Å². The van der Waals surface area contributed by atoms with Gasteiger partial charge < -0.3 is 10.1 Å². The molecule has 10 heteroatoms. The number of fused-ring (bicyclic) bond motifs is 1. The van der Waals surface area contributed by atoms with E-state index in [2.05, 4.69) is 5.32 Å². The Morgan fingerprint density at radius 3 is 2.18 bits per heavy atom. The topological polar surface area (TPSA) is 130 Å². The van der Waals surface area contributed by atoms with Gasteiger partial charge >= 0.3 is 0 Å². The van der Waals surface area contributed by atoms with E-state index < -0.39 is 20.2 Å². The summed E-state index contributed by atoms with van der Waals surface area (Å²) >= 11 is 0. The van der Waals surface area contributed by atoms with Crippen molar-refractivity contribution in [3.63, 3.8) is 0 Å². The highest BCUT2D eigenvalue weighted by molar-refractivity contribution is 7.86. The summed E-state index contributed by atoms with van der Waals surface area (Å²) in [6.45, 7) is 2.69. The van der Waals surface area contributed by atoms with E-state index in [4.69, 9.17) is 4.74 Å². The van der Waals surface area contributed by atoms with Crippen molar-refractivity contribution in [2.24, 2.45) is 0 Å². The summed E-state index contributed by atoms with van der Waals surface area (Å²) in [5, 5.41) is 3.33. The molecule has 0 amide bonds. The first-order chi connectivity index (χ1) is 16.1. The molecule has 0 saturated heterocycles. The fraction of sp³-hybridized carbons (Fsp3) is 0.167. The van der Waals surface area contributed by atoms with Crippen LogP contribution < -0.4 is 10.1 Å². The molecular formula is C24H23NO7S2. The second kappa shape index (κ2) is 9.32. The van der Waals surface area contributed by atoms with Crippen molar-refractivity contribution in [2.75, 3.05) is 6.61 Å². The van der Waals surface area contributed by atoms with Gasteiger partial charge in [-0.1, -0.05) is 48.6 Å². The zero-order chi connectivity index (χ0) is 24.5. The van der Waals surface area contributed by atoms with Gasteiger partial charge in [-0.25, -0.2) is 0 Å². The monoisotopic (exact) mass is 501 g/mol. The van der Waals surface area contributed by atoms with Gasteiger partial charge in [0.15, 0.2) is 0 Å². The lowest BCUT2D eigenvalue weighted by Crippen LogP contribution is -2.14. The quantitative estimate of drug-likeness (QED) is 0.328. The van der Waals surface area contributed by atoms with Crippen molar-refractivity contribution in [1.29, 1.82) is 0 Å². The van der Waals surface area contributed by atoms with E-state index in [0.717, 1.165) is 11.1 Å². The Labute approximate surface area is 198 Å². The highest BCUT2D eigenvalue weighted by atomic mass is 32.2. The Kier molecular flexibility index (Phi) is 6.61. The Morgan fingerprint density at radius 2 is 1.53 bits per heavy atom. The first kappa shape index (κ1) is 24.1. The maximum absolute atomic E-state index is 12.2. The molecule has 1 aliphatic heterocycles. The van der Waals surface area contributed by atoms with E-state index in [0.29, 0.717) is 18.7 Å². The van der Waals surface area contributed by atoms with Crippen LogP contribution in [0.4, 0.5) is 0 Å². The Balaban J connectivity index is 1.75. The van der Waals surface area contributed by atoms with Crippen LogP contribution in [0.2, 0.25) is 0 Å². The average Bonchev–Trinajstić information content (AvgIpc) is 3.21. The molecule has 8 nitrogen and oxygen atoms in total. The number of rotatable bonds is 7. The molecule has 0 spiro atoms. The molecule has 34 heavy (non-hydrogen) atoms. The smallest absolute Gasteiger partial charge is 0.295 e. The van der Waals surface area contributed by atoms with Gasteiger partial charge in [0.1, 0.15) is 15.5 Å². The summed E-state index contributed by atoms with van der Waals surface area (Å²) in [6, 6.07) is 16.4. The number of nitrogens with one attached hydrogen (secondary N) is 1. The molecule has 1 heterocycles. The van der Waals surface area contributed by atoms with E-state index in [1.807, 2.05) is 24.3 Å². The van der Waals surface area contributed by atoms with Gasteiger partial charge in [0, 0.05) is 12.6 Å². The molecule has 3 aromatic rings. The Hall–Kier alpha value is -3.02. The predicted molar refractivity (Wildman–Crippen MR) is 128 cm³/mol. The molecule has 1 unspecified atom stereocenters. The third kappa shape index (κ3) is 5.06. The van der Waals surface area contributed by atoms with Gasteiger partial charge in [-0.05, 0) is 52.9 Å². The van der Waals surface area contributed by atoms with Crippen LogP contribution in [0, 0.1) is 0 Å². The molecule has 1 aliphatic rings. The molecule has 0 aliphatic carbocycles. The van der Waals surface area contributed by atoms with Crippen LogP contribution in [0.5, 0.6) is 5.75 Å². The molecule has 4 rings (SSSR count). The minimum Gasteiger partial charge on any atom is -0.494 e. The standard InChI is InChI=1S/C24H23NO7S2/c1-2-32-20-12-11-17(23(14-20)34(29,30)31)8-7-16-9-10-18(13-22(16)33(26,27)28)24-21-6-4-3-5-19(21)15-25-24/h3-14,24-25H,2,15H2,1H3,(H,26,27,28)(H,29,30,31)/b8-7+. The molecule has 3 N–H and O–H groups in total. The summed E-state index contributed by atoms with van der Waals surface area (Å²) in [6.07, 6.45) is 2.72. The summed E-state index contributed by atoms with van der Waals surface area (Å²) in [7, 11) is -9.16. The number of benzene rings is 3. The van der Waals surface area contributed by atoms with Crippen molar-refractivity contribution in [2.45, 2.75) is 29.3 Å². The lowest BCUT2D eigenvalue weighted by molar-refractivity contribution is 0.339. The minimum atomic E-state index is -4.59. The molecule has 1 atom stereocenters. The maximum Gasteiger partial charge on any atom is 0.295 e. The van der Waals surface area contributed by atoms with E-state index in [9.17, 15) is 25.9 Å². The second-order valence-corrected chi connectivity index (χ2v) is 10.5. The van der Waals surface area contributed by atoms with Crippen LogP contribution in [0.1, 0.15) is 40.8 Å². The van der Waals surface area contributed by atoms with Gasteiger partial charge in [-0.15, -0.1) is 0 Å². The lowest BCUT2D eigenvalue weighted by Gasteiger charge is -2.15. The van der Waals surface area contributed by atoms with Crippen molar-refractivity contribution >= 4 is 32.4 Å². The molecule has 0 aromatic heterocycles. The number of ether oxygens (including phenoxy) is 1. The zero-order valence-corrected chi connectivity index (χ0v) is 19.8. The van der Waals surface area contributed by atoms with Gasteiger partial charge in [0.25, 0.3) is 20.2 Å². The Bertz CT molecular complexity index is 1480. The van der Waals surface area contributed by atoms with Crippen molar-refractivity contribution < 1.29 is 30.7 Å². The third-order valence-corrected chi connectivity index (χ3v) is 7.35. The minimum absolute atomic E-state index is 0.128. The third-order valence-electron chi connectivity index (χ3n) is 5.53. The summed E-state index contributed by atoms with van der Waals surface area (Å²) in [5.74, 6) is 0.264. The largest absolute Gasteiger partial charge is 0.494 e. The summed E-state index contributed by atoms with van der Waals surface area (Å²) < 4.78 is 72.9. The van der Waals surface area contributed by atoms with Gasteiger partial charge in [0.2, 0.25) is 0 Å². The SMILES string of the molecule is CCOc1ccc(/C=C/c2ccc(C3NCc4ccccc43)cc2S(=O)(=O)O)c(S(=O)(=O)O)c1. The van der Waals surface area contributed by atoms with E-state index in [1.54, 1.807) is 19.1 Å². The molecular weight excluding hydrogens is 478 g/mol.